The first-order valence-electron chi connectivity index (χ1n) is 12.3. The van der Waals surface area contributed by atoms with Gasteiger partial charge in [0.15, 0.2) is 0 Å². The van der Waals surface area contributed by atoms with E-state index in [1.54, 1.807) is 0 Å². The van der Waals surface area contributed by atoms with Gasteiger partial charge >= 0.3 is 5.97 Å². The minimum absolute atomic E-state index is 0.252. The Bertz CT molecular complexity index is 324. The summed E-state index contributed by atoms with van der Waals surface area (Å²) in [6.07, 6.45) is 24.1. The quantitative estimate of drug-likeness (QED) is 0.167. The minimum atomic E-state index is -0.479. The lowest BCUT2D eigenvalue weighted by atomic mass is 10.0. The molecular formula is C24H50N2O2. The summed E-state index contributed by atoms with van der Waals surface area (Å²) in [7, 11) is 0. The lowest BCUT2D eigenvalue weighted by molar-refractivity contribution is -0.145. The summed E-state index contributed by atoms with van der Waals surface area (Å²) >= 11 is 0. The van der Waals surface area contributed by atoms with Crippen LogP contribution in [0.2, 0.25) is 0 Å². The summed E-state index contributed by atoms with van der Waals surface area (Å²) in [6, 6.07) is -0.479. The zero-order chi connectivity index (χ0) is 20.7. The fourth-order valence-electron chi connectivity index (χ4n) is 3.56. The Morgan fingerprint density at radius 3 is 1.54 bits per heavy atom. The normalized spacial score (nSPS) is 12.2. The van der Waals surface area contributed by atoms with E-state index < -0.39 is 6.04 Å². The Morgan fingerprint density at radius 1 is 0.679 bits per heavy atom. The predicted octanol–water partition coefficient (Wildman–Crippen LogP) is 6.25. The second-order valence-corrected chi connectivity index (χ2v) is 8.36. The molecule has 0 heterocycles. The maximum atomic E-state index is 11.7. The topological polar surface area (TPSA) is 78.3 Å². The first-order chi connectivity index (χ1) is 13.7. The number of hydrogen-bond acceptors (Lipinski definition) is 4. The number of carbonyl (C=O) groups excluding carboxylic acids is 1. The Hall–Kier alpha value is -0.610. The molecule has 0 aliphatic carbocycles. The summed E-state index contributed by atoms with van der Waals surface area (Å²) in [4.78, 5) is 11.7. The SMILES string of the molecule is CCCCCCCCCCCCCCCCCCOC(=O)[C@@H](N)CCCCN. The van der Waals surface area contributed by atoms with Crippen LogP contribution in [0.3, 0.4) is 0 Å². The molecule has 0 aromatic rings. The Kier molecular flexibility index (Phi) is 22.2. The highest BCUT2D eigenvalue weighted by Crippen LogP contribution is 2.13. The van der Waals surface area contributed by atoms with Crippen molar-refractivity contribution < 1.29 is 9.53 Å². The van der Waals surface area contributed by atoms with Crippen molar-refractivity contribution in [3.8, 4) is 0 Å². The van der Waals surface area contributed by atoms with E-state index >= 15 is 0 Å². The molecule has 0 unspecified atom stereocenters. The van der Waals surface area contributed by atoms with Gasteiger partial charge in [0.2, 0.25) is 0 Å². The highest BCUT2D eigenvalue weighted by Gasteiger charge is 2.13. The number of ether oxygens (including phenoxy) is 1. The van der Waals surface area contributed by atoms with E-state index in [9.17, 15) is 4.79 Å². The molecule has 0 bridgehead atoms. The fraction of sp³-hybridized carbons (Fsp3) is 0.958. The number of rotatable bonds is 22. The van der Waals surface area contributed by atoms with Crippen LogP contribution in [0.1, 0.15) is 129 Å². The first-order valence-corrected chi connectivity index (χ1v) is 12.3. The summed E-state index contributed by atoms with van der Waals surface area (Å²) in [6.45, 7) is 3.45. The van der Waals surface area contributed by atoms with E-state index in [4.69, 9.17) is 16.2 Å². The van der Waals surface area contributed by atoms with Crippen LogP contribution in [-0.2, 0) is 9.53 Å². The molecule has 0 rings (SSSR count). The lowest BCUT2D eigenvalue weighted by Crippen LogP contribution is -2.32. The van der Waals surface area contributed by atoms with Gasteiger partial charge in [-0.25, -0.2) is 0 Å². The number of nitrogens with two attached hydrogens (primary N) is 2. The molecule has 1 atom stereocenters. The molecule has 28 heavy (non-hydrogen) atoms. The summed E-state index contributed by atoms with van der Waals surface area (Å²) in [5.41, 5.74) is 11.3. The molecule has 0 radical (unpaired) electrons. The van der Waals surface area contributed by atoms with Crippen molar-refractivity contribution in [2.75, 3.05) is 13.2 Å². The highest BCUT2D eigenvalue weighted by molar-refractivity contribution is 5.75. The van der Waals surface area contributed by atoms with Gasteiger partial charge in [0, 0.05) is 0 Å². The molecule has 0 saturated heterocycles. The maximum Gasteiger partial charge on any atom is 0.322 e. The molecule has 168 valence electrons. The van der Waals surface area contributed by atoms with Crippen molar-refractivity contribution in [1.82, 2.24) is 0 Å². The van der Waals surface area contributed by atoms with Crippen LogP contribution < -0.4 is 11.5 Å². The van der Waals surface area contributed by atoms with Crippen molar-refractivity contribution >= 4 is 5.97 Å². The monoisotopic (exact) mass is 398 g/mol. The Morgan fingerprint density at radius 2 is 1.11 bits per heavy atom. The van der Waals surface area contributed by atoms with Crippen molar-refractivity contribution in [3.63, 3.8) is 0 Å². The fourth-order valence-corrected chi connectivity index (χ4v) is 3.56. The second kappa shape index (κ2) is 22.7. The molecule has 0 saturated carbocycles. The van der Waals surface area contributed by atoms with Crippen molar-refractivity contribution in [2.24, 2.45) is 11.5 Å². The maximum absolute atomic E-state index is 11.7. The zero-order valence-corrected chi connectivity index (χ0v) is 18.9. The third kappa shape index (κ3) is 20.1. The zero-order valence-electron chi connectivity index (χ0n) is 18.9. The molecule has 0 fully saturated rings. The van der Waals surface area contributed by atoms with E-state index in [1.807, 2.05) is 0 Å². The van der Waals surface area contributed by atoms with Crippen LogP contribution in [0.25, 0.3) is 0 Å². The molecular weight excluding hydrogens is 348 g/mol. The van der Waals surface area contributed by atoms with E-state index in [1.165, 1.54) is 89.9 Å². The third-order valence-electron chi connectivity index (χ3n) is 5.51. The van der Waals surface area contributed by atoms with Crippen LogP contribution in [0.5, 0.6) is 0 Å². The predicted molar refractivity (Wildman–Crippen MR) is 121 cm³/mol. The summed E-state index contributed by atoms with van der Waals surface area (Å²) in [5.74, 6) is -0.252. The second-order valence-electron chi connectivity index (χ2n) is 8.36. The first kappa shape index (κ1) is 27.4. The van der Waals surface area contributed by atoms with Gasteiger partial charge in [0.05, 0.1) is 6.61 Å². The molecule has 0 aromatic heterocycles. The molecule has 0 aromatic carbocycles. The standard InChI is InChI=1S/C24H50N2O2/c1-2-3-4-5-6-7-8-9-10-11-12-13-14-15-16-19-22-28-24(27)23(26)20-17-18-21-25/h23H,2-22,25-26H2,1H3/t23-/m0/s1. The Balaban J connectivity index is 3.18. The summed E-state index contributed by atoms with van der Waals surface area (Å²) in [5, 5.41) is 0. The van der Waals surface area contributed by atoms with Gasteiger partial charge in [-0.05, 0) is 25.8 Å². The number of unbranched alkanes of at least 4 members (excludes halogenated alkanes) is 16. The van der Waals surface area contributed by atoms with E-state index in [2.05, 4.69) is 6.92 Å². The molecule has 4 heteroatoms. The Labute approximate surface area is 175 Å². The van der Waals surface area contributed by atoms with Gasteiger partial charge in [-0.2, -0.15) is 0 Å². The highest BCUT2D eigenvalue weighted by atomic mass is 16.5. The van der Waals surface area contributed by atoms with Crippen LogP contribution in [0, 0.1) is 0 Å². The van der Waals surface area contributed by atoms with E-state index in [0.29, 0.717) is 19.6 Å². The molecule has 4 nitrogen and oxygen atoms in total. The van der Waals surface area contributed by atoms with Crippen LogP contribution in [-0.4, -0.2) is 25.2 Å². The smallest absolute Gasteiger partial charge is 0.322 e. The van der Waals surface area contributed by atoms with Crippen molar-refractivity contribution in [3.05, 3.63) is 0 Å². The van der Waals surface area contributed by atoms with Gasteiger partial charge in [0.25, 0.3) is 0 Å². The third-order valence-corrected chi connectivity index (χ3v) is 5.51. The number of carbonyl (C=O) groups is 1. The minimum Gasteiger partial charge on any atom is -0.465 e. The van der Waals surface area contributed by atoms with Crippen molar-refractivity contribution in [2.45, 2.75) is 135 Å². The average molecular weight is 399 g/mol. The molecule has 0 aliphatic rings. The average Bonchev–Trinajstić information content (AvgIpc) is 2.70. The summed E-state index contributed by atoms with van der Waals surface area (Å²) < 4.78 is 5.26. The van der Waals surface area contributed by atoms with Gasteiger partial charge in [-0.1, -0.05) is 110 Å². The van der Waals surface area contributed by atoms with Crippen LogP contribution in [0.15, 0.2) is 0 Å². The van der Waals surface area contributed by atoms with Gasteiger partial charge in [-0.3, -0.25) is 4.79 Å². The van der Waals surface area contributed by atoms with Crippen molar-refractivity contribution in [1.29, 1.82) is 0 Å². The van der Waals surface area contributed by atoms with Crippen LogP contribution in [0.4, 0.5) is 0 Å². The van der Waals surface area contributed by atoms with Gasteiger partial charge in [-0.15, -0.1) is 0 Å². The molecule has 0 amide bonds. The lowest BCUT2D eigenvalue weighted by Gasteiger charge is -2.11. The molecule has 4 N–H and O–H groups in total. The number of hydrogen-bond donors (Lipinski definition) is 2. The van der Waals surface area contributed by atoms with Gasteiger partial charge < -0.3 is 16.2 Å². The van der Waals surface area contributed by atoms with E-state index in [-0.39, 0.29) is 5.97 Å². The molecule has 0 aliphatic heterocycles. The van der Waals surface area contributed by atoms with Gasteiger partial charge in [0.1, 0.15) is 6.04 Å². The largest absolute Gasteiger partial charge is 0.465 e. The van der Waals surface area contributed by atoms with Crippen LogP contribution >= 0.6 is 0 Å². The molecule has 0 spiro atoms. The number of esters is 1. The van der Waals surface area contributed by atoms with E-state index in [0.717, 1.165) is 25.7 Å².